The minimum atomic E-state index is -4.48. The third-order valence-electron chi connectivity index (χ3n) is 3.19. The Labute approximate surface area is 138 Å². The Kier molecular flexibility index (Phi) is 3.85. The number of imide groups is 1. The molecule has 23 heavy (non-hydrogen) atoms. The van der Waals surface area contributed by atoms with Gasteiger partial charge in [-0.3, -0.25) is 9.59 Å². The van der Waals surface area contributed by atoms with Gasteiger partial charge in [-0.2, -0.15) is 13.2 Å². The third kappa shape index (κ3) is 2.94. The van der Waals surface area contributed by atoms with Crippen molar-refractivity contribution in [1.29, 1.82) is 0 Å². The Morgan fingerprint density at radius 2 is 1.52 bits per heavy atom. The quantitative estimate of drug-likeness (QED) is 0.575. The molecule has 3 rings (SSSR count). The lowest BCUT2D eigenvalue weighted by Gasteiger charge is -2.17. The Balaban J connectivity index is 2.04. The van der Waals surface area contributed by atoms with Gasteiger partial charge in [0.2, 0.25) is 0 Å². The van der Waals surface area contributed by atoms with Gasteiger partial charge in [0.15, 0.2) is 0 Å². The van der Waals surface area contributed by atoms with E-state index in [4.69, 9.17) is 11.6 Å². The monoisotopic (exact) mass is 357 g/mol. The van der Waals surface area contributed by atoms with Gasteiger partial charge in [-0.05, 0) is 42.1 Å². The molecule has 0 aliphatic carbocycles. The van der Waals surface area contributed by atoms with E-state index >= 15 is 0 Å². The highest BCUT2D eigenvalue weighted by molar-refractivity contribution is 8.00. The van der Waals surface area contributed by atoms with Crippen LogP contribution >= 0.6 is 23.4 Å². The highest BCUT2D eigenvalue weighted by atomic mass is 35.5. The number of benzene rings is 2. The van der Waals surface area contributed by atoms with Crippen LogP contribution < -0.4 is 4.90 Å². The number of fused-ring (bicyclic) bond motifs is 1. The number of nitrogens with zero attached hydrogens (tertiary/aromatic N) is 1. The molecule has 8 heteroatoms. The molecule has 1 aliphatic heterocycles. The minimum Gasteiger partial charge on any atom is -0.268 e. The third-order valence-corrected chi connectivity index (χ3v) is 4.23. The smallest absolute Gasteiger partial charge is 0.268 e. The molecular weight excluding hydrogens is 351 g/mol. The van der Waals surface area contributed by atoms with Gasteiger partial charge in [-0.1, -0.05) is 23.7 Å². The van der Waals surface area contributed by atoms with Gasteiger partial charge in [0.25, 0.3) is 11.8 Å². The van der Waals surface area contributed by atoms with Crippen LogP contribution in [0.15, 0.2) is 47.4 Å². The summed E-state index contributed by atoms with van der Waals surface area (Å²) < 4.78 is 37.5. The average Bonchev–Trinajstić information content (AvgIpc) is 2.72. The topological polar surface area (TPSA) is 37.4 Å². The lowest BCUT2D eigenvalue weighted by Crippen LogP contribution is -2.29. The summed E-state index contributed by atoms with van der Waals surface area (Å²) in [5, 5.41) is 0.0195. The van der Waals surface area contributed by atoms with E-state index in [1.807, 2.05) is 0 Å². The highest BCUT2D eigenvalue weighted by Crippen LogP contribution is 2.41. The normalized spacial score (nSPS) is 14.3. The number of carbonyl (C=O) groups excluding carboxylic acids is 2. The van der Waals surface area contributed by atoms with Crippen molar-refractivity contribution in [1.82, 2.24) is 0 Å². The molecule has 0 unspecified atom stereocenters. The maximum atomic E-state index is 12.5. The van der Waals surface area contributed by atoms with E-state index in [0.717, 1.165) is 11.0 Å². The zero-order chi connectivity index (χ0) is 16.8. The Morgan fingerprint density at radius 1 is 0.957 bits per heavy atom. The summed E-state index contributed by atoms with van der Waals surface area (Å²) in [6, 6.07) is 9.67. The molecule has 2 aromatic rings. The summed E-state index contributed by atoms with van der Waals surface area (Å²) in [5.41, 5.74) is -4.15. The zero-order valence-electron chi connectivity index (χ0n) is 11.2. The summed E-state index contributed by atoms with van der Waals surface area (Å²) >= 11 is 5.65. The van der Waals surface area contributed by atoms with Gasteiger partial charge in [0.05, 0.1) is 21.8 Å². The first-order valence-corrected chi connectivity index (χ1v) is 7.50. The van der Waals surface area contributed by atoms with Gasteiger partial charge in [0, 0.05) is 4.90 Å². The molecule has 0 spiro atoms. The van der Waals surface area contributed by atoms with E-state index in [1.54, 1.807) is 12.1 Å². The lowest BCUT2D eigenvalue weighted by molar-refractivity contribution is -0.0328. The number of alkyl halides is 3. The van der Waals surface area contributed by atoms with Crippen LogP contribution in [-0.2, 0) is 0 Å². The SMILES string of the molecule is O=C1c2ccccc2C(=O)N1c1cc(SC(F)(F)F)ccc1Cl. The largest absolute Gasteiger partial charge is 0.446 e. The molecule has 0 saturated carbocycles. The standard InChI is InChI=1S/C15H7ClF3NO2S/c16-11-6-5-8(23-15(17,18)19)7-12(11)20-13(21)9-3-1-2-4-10(9)14(20)22/h1-7H. The molecule has 3 nitrogen and oxygen atoms in total. The van der Waals surface area contributed by atoms with Crippen molar-refractivity contribution >= 4 is 40.9 Å². The van der Waals surface area contributed by atoms with Crippen LogP contribution in [0, 0.1) is 0 Å². The van der Waals surface area contributed by atoms with Crippen LogP contribution in [-0.4, -0.2) is 17.3 Å². The lowest BCUT2D eigenvalue weighted by atomic mass is 10.1. The molecule has 0 bridgehead atoms. The van der Waals surface area contributed by atoms with E-state index in [9.17, 15) is 22.8 Å². The van der Waals surface area contributed by atoms with Crippen molar-refractivity contribution in [2.45, 2.75) is 10.4 Å². The Bertz CT molecular complexity index is 788. The number of rotatable bonds is 2. The first-order valence-electron chi connectivity index (χ1n) is 6.31. The Hall–Kier alpha value is -1.99. The maximum Gasteiger partial charge on any atom is 0.446 e. The van der Waals surface area contributed by atoms with Crippen molar-refractivity contribution in [2.75, 3.05) is 4.90 Å². The molecular formula is C15H7ClF3NO2S. The van der Waals surface area contributed by atoms with Crippen LogP contribution in [0.4, 0.5) is 18.9 Å². The molecule has 118 valence electrons. The molecule has 2 amide bonds. The fourth-order valence-corrected chi connectivity index (χ4v) is 3.04. The first-order chi connectivity index (χ1) is 10.8. The zero-order valence-corrected chi connectivity index (χ0v) is 12.8. The van der Waals surface area contributed by atoms with Crippen LogP contribution in [0.1, 0.15) is 20.7 Å². The van der Waals surface area contributed by atoms with Crippen LogP contribution in [0.2, 0.25) is 5.02 Å². The van der Waals surface area contributed by atoms with Crippen LogP contribution in [0.25, 0.3) is 0 Å². The van der Waals surface area contributed by atoms with Gasteiger partial charge < -0.3 is 0 Å². The fraction of sp³-hybridized carbons (Fsp3) is 0.0667. The number of amides is 2. The molecule has 0 saturated heterocycles. The summed E-state index contributed by atoms with van der Waals surface area (Å²) in [7, 11) is 0. The second-order valence-electron chi connectivity index (χ2n) is 4.65. The first kappa shape index (κ1) is 15.9. The fourth-order valence-electron chi connectivity index (χ4n) is 2.27. The van der Waals surface area contributed by atoms with Crippen molar-refractivity contribution in [3.05, 3.63) is 58.6 Å². The predicted molar refractivity (Wildman–Crippen MR) is 80.9 cm³/mol. The molecule has 0 atom stereocenters. The molecule has 0 N–H and O–H groups in total. The number of carbonyl (C=O) groups is 2. The summed E-state index contributed by atoms with van der Waals surface area (Å²) in [6.45, 7) is 0. The van der Waals surface area contributed by atoms with E-state index in [2.05, 4.69) is 0 Å². The van der Waals surface area contributed by atoms with Crippen molar-refractivity contribution in [3.63, 3.8) is 0 Å². The average molecular weight is 358 g/mol. The predicted octanol–water partition coefficient (Wildman–Crippen LogP) is 4.75. The van der Waals surface area contributed by atoms with E-state index < -0.39 is 17.3 Å². The van der Waals surface area contributed by atoms with Gasteiger partial charge in [-0.15, -0.1) is 0 Å². The number of hydrogen-bond donors (Lipinski definition) is 0. The van der Waals surface area contributed by atoms with Crippen LogP contribution in [0.5, 0.6) is 0 Å². The number of anilines is 1. The molecule has 1 heterocycles. The molecule has 2 aromatic carbocycles. The molecule has 0 radical (unpaired) electrons. The van der Waals surface area contributed by atoms with Gasteiger partial charge in [-0.25, -0.2) is 4.90 Å². The van der Waals surface area contributed by atoms with Gasteiger partial charge >= 0.3 is 5.51 Å². The molecule has 0 aromatic heterocycles. The van der Waals surface area contributed by atoms with Gasteiger partial charge in [0.1, 0.15) is 0 Å². The summed E-state index contributed by atoms with van der Waals surface area (Å²) in [5.74, 6) is -1.22. The molecule has 0 fully saturated rings. The number of halogens is 4. The van der Waals surface area contributed by atoms with Crippen molar-refractivity contribution < 1.29 is 22.8 Å². The number of thioether (sulfide) groups is 1. The van der Waals surface area contributed by atoms with E-state index in [-0.39, 0.29) is 38.5 Å². The maximum absolute atomic E-state index is 12.5. The summed E-state index contributed by atoms with van der Waals surface area (Å²) in [6.07, 6.45) is 0. The Morgan fingerprint density at radius 3 is 2.04 bits per heavy atom. The van der Waals surface area contributed by atoms with Crippen LogP contribution in [0.3, 0.4) is 0 Å². The summed E-state index contributed by atoms with van der Waals surface area (Å²) in [4.78, 5) is 25.4. The van der Waals surface area contributed by atoms with E-state index in [1.165, 1.54) is 24.3 Å². The molecule has 1 aliphatic rings. The second-order valence-corrected chi connectivity index (χ2v) is 6.20. The van der Waals surface area contributed by atoms with Crippen molar-refractivity contribution in [2.24, 2.45) is 0 Å². The second kappa shape index (κ2) is 5.58. The number of hydrogen-bond acceptors (Lipinski definition) is 3. The van der Waals surface area contributed by atoms with E-state index in [0.29, 0.717) is 0 Å². The van der Waals surface area contributed by atoms with Crippen molar-refractivity contribution in [3.8, 4) is 0 Å². The minimum absolute atomic E-state index is 0.0195. The highest BCUT2D eigenvalue weighted by Gasteiger charge is 2.38.